The average molecular weight is 607 g/mol. The molecule has 8 nitrogen and oxygen atoms in total. The molecular weight excluding hydrogens is 556 g/mol. The third kappa shape index (κ3) is 10.2. The van der Waals surface area contributed by atoms with E-state index in [1.165, 1.54) is 0 Å². The Kier molecular flexibility index (Phi) is 13.5. The Morgan fingerprint density at radius 1 is 0.568 bits per heavy atom. The fourth-order valence-corrected chi connectivity index (χ4v) is 4.38. The van der Waals surface area contributed by atoms with Crippen molar-refractivity contribution < 1.29 is 28.5 Å². The molecule has 0 aromatic heterocycles. The number of para-hydroxylation sites is 2. The van der Waals surface area contributed by atoms with Gasteiger partial charge >= 0.3 is 12.2 Å². The Morgan fingerprint density at radius 3 is 1.25 bits per heavy atom. The van der Waals surface area contributed by atoms with Crippen LogP contribution in [0.2, 0.25) is 0 Å². The minimum absolute atomic E-state index is 0.301. The number of fused-ring (bicyclic) bond motifs is 2. The van der Waals surface area contributed by atoms with Gasteiger partial charge in [-0.2, -0.15) is 0 Å². The van der Waals surface area contributed by atoms with Crippen molar-refractivity contribution in [2.24, 2.45) is 23.7 Å². The molecule has 4 rings (SSSR count). The van der Waals surface area contributed by atoms with Crippen LogP contribution in [0.5, 0.6) is 0 Å². The molecule has 2 aromatic carbocycles. The van der Waals surface area contributed by atoms with Gasteiger partial charge in [-0.05, 0) is 59.1 Å². The molecule has 2 atom stereocenters. The van der Waals surface area contributed by atoms with E-state index in [4.69, 9.17) is 18.9 Å². The molecule has 2 aliphatic heterocycles. The maximum Gasteiger partial charge on any atom is 0.416 e. The lowest BCUT2D eigenvalue weighted by atomic mass is 10.1. The van der Waals surface area contributed by atoms with Crippen LogP contribution in [0.3, 0.4) is 0 Å². The van der Waals surface area contributed by atoms with Crippen LogP contribution < -0.4 is 9.80 Å². The van der Waals surface area contributed by atoms with Crippen molar-refractivity contribution in [3.05, 3.63) is 71.8 Å². The summed E-state index contributed by atoms with van der Waals surface area (Å²) in [5, 5.41) is 0. The molecule has 2 aromatic rings. The van der Waals surface area contributed by atoms with Gasteiger partial charge in [-0.15, -0.1) is 0 Å². The van der Waals surface area contributed by atoms with Crippen LogP contribution in [0.4, 0.5) is 21.0 Å². The van der Waals surface area contributed by atoms with Crippen LogP contribution in [0.25, 0.3) is 12.2 Å². The first-order valence-corrected chi connectivity index (χ1v) is 15.7. The van der Waals surface area contributed by atoms with E-state index in [0.29, 0.717) is 50.1 Å². The monoisotopic (exact) mass is 606 g/mol. The van der Waals surface area contributed by atoms with Gasteiger partial charge in [0.1, 0.15) is 0 Å². The summed E-state index contributed by atoms with van der Waals surface area (Å²) in [4.78, 5) is 28.2. The zero-order chi connectivity index (χ0) is 32.2. The topological polar surface area (TPSA) is 77.5 Å². The second-order valence-corrected chi connectivity index (χ2v) is 12.8. The lowest BCUT2D eigenvalue weighted by molar-refractivity contribution is 0.0553. The van der Waals surface area contributed by atoms with Gasteiger partial charge in [0.05, 0.1) is 37.8 Å². The molecule has 0 saturated carbocycles. The fourth-order valence-electron chi connectivity index (χ4n) is 4.38. The van der Waals surface area contributed by atoms with E-state index >= 15 is 0 Å². The lowest BCUT2D eigenvalue weighted by Gasteiger charge is -2.33. The molecular formula is C36H50N2O6. The summed E-state index contributed by atoms with van der Waals surface area (Å²) in [6, 6.07) is 15.5. The highest BCUT2D eigenvalue weighted by molar-refractivity contribution is 5.94. The third-order valence-corrected chi connectivity index (χ3v) is 6.46. The van der Waals surface area contributed by atoms with E-state index in [1.54, 1.807) is 9.80 Å². The summed E-state index contributed by atoms with van der Waals surface area (Å²) >= 11 is 0. The highest BCUT2D eigenvalue weighted by Gasteiger charge is 2.31. The maximum atomic E-state index is 12.5. The van der Waals surface area contributed by atoms with Crippen molar-refractivity contribution in [3.8, 4) is 0 Å². The van der Waals surface area contributed by atoms with Gasteiger partial charge in [0.25, 0.3) is 0 Å². The molecule has 2 unspecified atom stereocenters. The number of hydrogen-bond donors (Lipinski definition) is 0. The molecule has 2 heterocycles. The second kappa shape index (κ2) is 17.0. The molecule has 0 spiro atoms. The Bertz CT molecular complexity index is 1170. The summed E-state index contributed by atoms with van der Waals surface area (Å²) in [5.74, 6) is 1.40. The number of carbonyl (C=O) groups is 2. The van der Waals surface area contributed by atoms with E-state index in [0.717, 1.165) is 22.5 Å². The summed E-state index contributed by atoms with van der Waals surface area (Å²) in [7, 11) is 0. The zero-order valence-electron chi connectivity index (χ0n) is 27.6. The zero-order valence-corrected chi connectivity index (χ0v) is 27.6. The molecule has 240 valence electrons. The summed E-state index contributed by atoms with van der Waals surface area (Å²) in [6.07, 6.45) is 6.23. The first-order chi connectivity index (χ1) is 21.0. The standard InChI is InChI=1S/2C18H25NO3/c2*1-13(2)11-21-17-10-9-15-7-5-6-8-16(15)19(17)18(20)22-12-14(3)4/h2*5-10,13-14,17H,11-12H2,1-4H3. The van der Waals surface area contributed by atoms with Gasteiger partial charge in [0, 0.05) is 0 Å². The summed E-state index contributed by atoms with van der Waals surface area (Å²) in [6.45, 7) is 18.4. The molecule has 8 heteroatoms. The maximum absolute atomic E-state index is 12.5. The van der Waals surface area contributed by atoms with Crippen LogP contribution in [-0.4, -0.2) is 51.1 Å². The lowest BCUT2D eigenvalue weighted by Crippen LogP contribution is -2.44. The first kappa shape index (κ1) is 34.9. The molecule has 0 N–H and O–H groups in total. The van der Waals surface area contributed by atoms with E-state index in [-0.39, 0.29) is 12.2 Å². The van der Waals surface area contributed by atoms with Crippen LogP contribution in [0.1, 0.15) is 66.5 Å². The van der Waals surface area contributed by atoms with Crippen LogP contribution >= 0.6 is 0 Å². The molecule has 44 heavy (non-hydrogen) atoms. The Balaban J connectivity index is 0.000000240. The molecule has 2 aliphatic rings. The predicted molar refractivity (Wildman–Crippen MR) is 177 cm³/mol. The van der Waals surface area contributed by atoms with Gasteiger partial charge in [-0.3, -0.25) is 0 Å². The minimum Gasteiger partial charge on any atom is -0.449 e. The van der Waals surface area contributed by atoms with Gasteiger partial charge in [0.2, 0.25) is 0 Å². The van der Waals surface area contributed by atoms with Gasteiger partial charge < -0.3 is 18.9 Å². The Morgan fingerprint density at radius 2 is 0.909 bits per heavy atom. The number of amides is 2. The first-order valence-electron chi connectivity index (χ1n) is 15.7. The normalized spacial score (nSPS) is 17.0. The molecule has 0 radical (unpaired) electrons. The number of hydrogen-bond acceptors (Lipinski definition) is 6. The van der Waals surface area contributed by atoms with Crippen molar-refractivity contribution in [3.63, 3.8) is 0 Å². The van der Waals surface area contributed by atoms with Crippen LogP contribution in [0.15, 0.2) is 60.7 Å². The number of ether oxygens (including phenoxy) is 4. The van der Waals surface area contributed by atoms with E-state index in [9.17, 15) is 9.59 Å². The van der Waals surface area contributed by atoms with Crippen molar-refractivity contribution in [2.75, 3.05) is 36.2 Å². The number of nitrogens with zero attached hydrogens (tertiary/aromatic N) is 2. The number of carbonyl (C=O) groups excluding carboxylic acids is 2. The second-order valence-electron chi connectivity index (χ2n) is 12.8. The third-order valence-electron chi connectivity index (χ3n) is 6.46. The molecule has 0 fully saturated rings. The number of anilines is 2. The van der Waals surface area contributed by atoms with Crippen molar-refractivity contribution in [2.45, 2.75) is 67.8 Å². The van der Waals surface area contributed by atoms with Gasteiger partial charge in [0.15, 0.2) is 12.5 Å². The van der Waals surface area contributed by atoms with Crippen LogP contribution in [0, 0.1) is 23.7 Å². The molecule has 0 aliphatic carbocycles. The average Bonchev–Trinajstić information content (AvgIpc) is 2.99. The number of rotatable bonds is 10. The van der Waals surface area contributed by atoms with Crippen LogP contribution in [-0.2, 0) is 18.9 Å². The molecule has 0 bridgehead atoms. The van der Waals surface area contributed by atoms with E-state index < -0.39 is 12.5 Å². The van der Waals surface area contributed by atoms with Gasteiger partial charge in [-0.25, -0.2) is 19.4 Å². The summed E-state index contributed by atoms with van der Waals surface area (Å²) in [5.41, 5.74) is 3.64. The fraction of sp³-hybridized carbons (Fsp3) is 0.500. The smallest absolute Gasteiger partial charge is 0.416 e. The highest BCUT2D eigenvalue weighted by atomic mass is 16.6. The largest absolute Gasteiger partial charge is 0.449 e. The van der Waals surface area contributed by atoms with Crippen molar-refractivity contribution in [1.29, 1.82) is 0 Å². The predicted octanol–water partition coefficient (Wildman–Crippen LogP) is 8.62. The van der Waals surface area contributed by atoms with Crippen molar-refractivity contribution >= 4 is 35.7 Å². The van der Waals surface area contributed by atoms with Crippen molar-refractivity contribution in [1.82, 2.24) is 0 Å². The van der Waals surface area contributed by atoms with E-state index in [1.807, 2.05) is 101 Å². The van der Waals surface area contributed by atoms with E-state index in [2.05, 4.69) is 27.7 Å². The van der Waals surface area contributed by atoms with Gasteiger partial charge in [-0.1, -0.05) is 104 Å². The molecule has 2 amide bonds. The summed E-state index contributed by atoms with van der Waals surface area (Å²) < 4.78 is 22.6. The highest BCUT2D eigenvalue weighted by Crippen LogP contribution is 2.31. The minimum atomic E-state index is -0.419. The molecule has 0 saturated heterocycles. The Hall–Kier alpha value is -3.62. The Labute approximate surface area is 263 Å². The quantitative estimate of drug-likeness (QED) is 0.269. The number of benzene rings is 2. The SMILES string of the molecule is CC(C)COC(=O)N1c2ccccc2C=CC1OCC(C)C.CC(C)COC(=O)N1c2ccccc2C=CC1OCC(C)C.